The van der Waals surface area contributed by atoms with Gasteiger partial charge in [-0.15, -0.1) is 0 Å². The second-order valence-electron chi connectivity index (χ2n) is 3.98. The van der Waals surface area contributed by atoms with Crippen LogP contribution in [0.5, 0.6) is 0 Å². The maximum Gasteiger partial charge on any atom is 0.244 e. The lowest BCUT2D eigenvalue weighted by Crippen LogP contribution is -2.49. The Bertz CT molecular complexity index is 379. The molecule has 0 aliphatic heterocycles. The molecule has 1 amide bonds. The molecule has 0 radical (unpaired) electrons. The Morgan fingerprint density at radius 2 is 2.25 bits per heavy atom. The molecule has 0 aliphatic carbocycles. The highest BCUT2D eigenvalue weighted by molar-refractivity contribution is 6.29. The van der Waals surface area contributed by atoms with Crippen LogP contribution in [-0.2, 0) is 4.79 Å². The first-order valence-corrected chi connectivity index (χ1v) is 5.51. The number of carbonyl (C=O) groups is 1. The third kappa shape index (κ3) is 3.47. The average Bonchev–Trinajstić information content (AvgIpc) is 2.17. The first kappa shape index (κ1) is 12.9. The lowest BCUT2D eigenvalue weighted by Gasteiger charge is -2.24. The SMILES string of the molecule is CCNC(C)(C)C(=O)Nc1ccnc(Cl)c1. The zero-order valence-electron chi connectivity index (χ0n) is 9.67. The summed E-state index contributed by atoms with van der Waals surface area (Å²) in [6.45, 7) is 6.35. The molecular weight excluding hydrogens is 226 g/mol. The molecule has 0 spiro atoms. The number of hydrogen-bond donors (Lipinski definition) is 2. The highest BCUT2D eigenvalue weighted by atomic mass is 35.5. The van der Waals surface area contributed by atoms with E-state index >= 15 is 0 Å². The molecule has 0 unspecified atom stereocenters. The van der Waals surface area contributed by atoms with Crippen LogP contribution in [-0.4, -0.2) is 23.0 Å². The largest absolute Gasteiger partial charge is 0.324 e. The fourth-order valence-corrected chi connectivity index (χ4v) is 1.46. The lowest BCUT2D eigenvalue weighted by molar-refractivity contribution is -0.121. The van der Waals surface area contributed by atoms with Gasteiger partial charge < -0.3 is 10.6 Å². The Morgan fingerprint density at radius 3 is 2.81 bits per heavy atom. The summed E-state index contributed by atoms with van der Waals surface area (Å²) >= 11 is 5.73. The van der Waals surface area contributed by atoms with Gasteiger partial charge in [0.2, 0.25) is 5.91 Å². The number of halogens is 1. The van der Waals surface area contributed by atoms with Gasteiger partial charge in [-0.3, -0.25) is 4.79 Å². The van der Waals surface area contributed by atoms with Gasteiger partial charge in [-0.1, -0.05) is 18.5 Å². The number of rotatable bonds is 4. The Labute approximate surface area is 100 Å². The van der Waals surface area contributed by atoms with E-state index in [2.05, 4.69) is 15.6 Å². The van der Waals surface area contributed by atoms with Gasteiger partial charge in [0.15, 0.2) is 0 Å². The van der Waals surface area contributed by atoms with Crippen LogP contribution in [0, 0.1) is 0 Å². The highest BCUT2D eigenvalue weighted by Gasteiger charge is 2.26. The first-order valence-electron chi connectivity index (χ1n) is 5.13. The van der Waals surface area contributed by atoms with Crippen molar-refractivity contribution in [2.75, 3.05) is 11.9 Å². The van der Waals surface area contributed by atoms with Gasteiger partial charge in [0.1, 0.15) is 5.15 Å². The van der Waals surface area contributed by atoms with E-state index in [1.165, 1.54) is 0 Å². The van der Waals surface area contributed by atoms with Crippen LogP contribution in [0.2, 0.25) is 5.15 Å². The molecule has 0 fully saturated rings. The van der Waals surface area contributed by atoms with Crippen molar-refractivity contribution in [3.63, 3.8) is 0 Å². The zero-order chi connectivity index (χ0) is 12.2. The standard InChI is InChI=1S/C11H16ClN3O/c1-4-14-11(2,3)10(16)15-8-5-6-13-9(12)7-8/h5-7,14H,4H2,1-3H3,(H,13,15,16). The topological polar surface area (TPSA) is 54.0 Å². The number of nitrogens with one attached hydrogen (secondary N) is 2. The molecule has 1 aromatic rings. The second-order valence-corrected chi connectivity index (χ2v) is 4.36. The summed E-state index contributed by atoms with van der Waals surface area (Å²) < 4.78 is 0. The van der Waals surface area contributed by atoms with E-state index in [0.717, 1.165) is 6.54 Å². The summed E-state index contributed by atoms with van der Waals surface area (Å²) in [5.74, 6) is -0.100. The van der Waals surface area contributed by atoms with Gasteiger partial charge in [0.25, 0.3) is 0 Å². The van der Waals surface area contributed by atoms with Crippen LogP contribution in [0.15, 0.2) is 18.3 Å². The van der Waals surface area contributed by atoms with Crippen LogP contribution in [0.25, 0.3) is 0 Å². The minimum Gasteiger partial charge on any atom is -0.324 e. The normalized spacial score (nSPS) is 11.2. The summed E-state index contributed by atoms with van der Waals surface area (Å²) in [5.41, 5.74) is 0.0424. The van der Waals surface area contributed by atoms with Gasteiger partial charge >= 0.3 is 0 Å². The predicted octanol–water partition coefficient (Wildman–Crippen LogP) is 2.06. The number of anilines is 1. The molecule has 16 heavy (non-hydrogen) atoms. The van der Waals surface area contributed by atoms with Crippen molar-refractivity contribution in [3.05, 3.63) is 23.5 Å². The molecule has 0 atom stereocenters. The zero-order valence-corrected chi connectivity index (χ0v) is 10.4. The molecule has 0 aromatic carbocycles. The highest BCUT2D eigenvalue weighted by Crippen LogP contribution is 2.14. The van der Waals surface area contributed by atoms with Crippen molar-refractivity contribution >= 4 is 23.2 Å². The van der Waals surface area contributed by atoms with E-state index in [0.29, 0.717) is 10.8 Å². The molecule has 2 N–H and O–H groups in total. The maximum atomic E-state index is 11.9. The molecule has 0 saturated carbocycles. The molecule has 4 nitrogen and oxygen atoms in total. The molecule has 1 heterocycles. The van der Waals surface area contributed by atoms with Gasteiger partial charge in [0, 0.05) is 11.9 Å². The Hall–Kier alpha value is -1.13. The second kappa shape index (κ2) is 5.27. The number of amides is 1. The minimum absolute atomic E-state index is 0.100. The summed E-state index contributed by atoms with van der Waals surface area (Å²) in [6, 6.07) is 3.31. The monoisotopic (exact) mass is 241 g/mol. The molecule has 0 saturated heterocycles. The van der Waals surface area contributed by atoms with Crippen molar-refractivity contribution in [1.82, 2.24) is 10.3 Å². The molecule has 88 valence electrons. The van der Waals surface area contributed by atoms with Crippen LogP contribution in [0.3, 0.4) is 0 Å². The van der Waals surface area contributed by atoms with E-state index in [1.54, 1.807) is 18.3 Å². The molecule has 1 rings (SSSR count). The quantitative estimate of drug-likeness (QED) is 0.794. The Balaban J connectivity index is 2.71. The number of carbonyl (C=O) groups excluding carboxylic acids is 1. The smallest absolute Gasteiger partial charge is 0.244 e. The number of hydrogen-bond acceptors (Lipinski definition) is 3. The van der Waals surface area contributed by atoms with E-state index in [4.69, 9.17) is 11.6 Å². The van der Waals surface area contributed by atoms with Crippen LogP contribution in [0.1, 0.15) is 20.8 Å². The third-order valence-electron chi connectivity index (χ3n) is 2.17. The van der Waals surface area contributed by atoms with Crippen molar-refractivity contribution in [3.8, 4) is 0 Å². The Morgan fingerprint density at radius 1 is 1.56 bits per heavy atom. The van der Waals surface area contributed by atoms with E-state index in [1.807, 2.05) is 20.8 Å². The predicted molar refractivity (Wildman–Crippen MR) is 65.6 cm³/mol. The molecular formula is C11H16ClN3O. The van der Waals surface area contributed by atoms with Crippen molar-refractivity contribution in [2.45, 2.75) is 26.3 Å². The maximum absolute atomic E-state index is 11.9. The third-order valence-corrected chi connectivity index (χ3v) is 2.38. The fourth-order valence-electron chi connectivity index (χ4n) is 1.29. The van der Waals surface area contributed by atoms with E-state index in [-0.39, 0.29) is 5.91 Å². The van der Waals surface area contributed by atoms with Crippen LogP contribution >= 0.6 is 11.6 Å². The molecule has 0 aliphatic rings. The van der Waals surface area contributed by atoms with Crippen molar-refractivity contribution in [2.24, 2.45) is 0 Å². The molecule has 0 bridgehead atoms. The molecule has 5 heteroatoms. The number of nitrogens with zero attached hydrogens (tertiary/aromatic N) is 1. The number of pyridine rings is 1. The van der Waals surface area contributed by atoms with Crippen molar-refractivity contribution < 1.29 is 4.79 Å². The summed E-state index contributed by atoms with van der Waals surface area (Å²) in [6.07, 6.45) is 1.55. The number of aromatic nitrogens is 1. The number of likely N-dealkylation sites (N-methyl/N-ethyl adjacent to an activating group) is 1. The average molecular weight is 242 g/mol. The minimum atomic E-state index is -0.607. The summed E-state index contributed by atoms with van der Waals surface area (Å²) in [5, 5.41) is 6.24. The summed E-state index contributed by atoms with van der Waals surface area (Å²) in [7, 11) is 0. The van der Waals surface area contributed by atoms with Crippen molar-refractivity contribution in [1.29, 1.82) is 0 Å². The van der Waals surface area contributed by atoms with Crippen LogP contribution < -0.4 is 10.6 Å². The van der Waals surface area contributed by atoms with Crippen LogP contribution in [0.4, 0.5) is 5.69 Å². The summed E-state index contributed by atoms with van der Waals surface area (Å²) in [4.78, 5) is 15.7. The Kier molecular flexibility index (Phi) is 4.26. The van der Waals surface area contributed by atoms with Gasteiger partial charge in [-0.05, 0) is 32.5 Å². The lowest BCUT2D eigenvalue weighted by atomic mass is 10.0. The van der Waals surface area contributed by atoms with Gasteiger partial charge in [-0.2, -0.15) is 0 Å². The molecule has 1 aromatic heterocycles. The van der Waals surface area contributed by atoms with Gasteiger partial charge in [0.05, 0.1) is 5.54 Å². The fraction of sp³-hybridized carbons (Fsp3) is 0.455. The van der Waals surface area contributed by atoms with E-state index < -0.39 is 5.54 Å². The van der Waals surface area contributed by atoms with Gasteiger partial charge in [-0.25, -0.2) is 4.98 Å². The first-order chi connectivity index (χ1) is 7.45. The van der Waals surface area contributed by atoms with E-state index in [9.17, 15) is 4.79 Å².